The summed E-state index contributed by atoms with van der Waals surface area (Å²) in [6, 6.07) is 5.60. The molecule has 0 saturated carbocycles. The molecule has 0 spiro atoms. The predicted octanol–water partition coefficient (Wildman–Crippen LogP) is -0.111. The number of nitrogens with two attached hydrogens (primary N) is 2. The zero-order valence-corrected chi connectivity index (χ0v) is 9.87. The number of H-pyrrole nitrogens is 1. The number of nitrogen functional groups attached to an aromatic ring is 1. The van der Waals surface area contributed by atoms with Crippen molar-refractivity contribution in [2.45, 2.75) is 6.54 Å². The number of fused-ring (bicyclic) bond motifs is 1. The molecule has 1 amide bonds. The number of aromatic nitrogens is 5. The maximum absolute atomic E-state index is 10.8. The molecule has 5 N–H and O–H groups in total. The number of carbonyl (C=O) groups is 1. The van der Waals surface area contributed by atoms with Crippen LogP contribution in [0.4, 0.5) is 5.82 Å². The standard InChI is InChI=1S/C11H11N7O/c12-10(19)5-18-4-9(15-17-18)6-1-2-8-7(3-6)11(13)16-14-8/h1-4H,5H2,(H2,12,19)(H3,13,14,16). The van der Waals surface area contributed by atoms with Gasteiger partial charge in [-0.3, -0.25) is 9.89 Å². The summed E-state index contributed by atoms with van der Waals surface area (Å²) in [6.07, 6.45) is 1.65. The fourth-order valence-corrected chi connectivity index (χ4v) is 1.86. The van der Waals surface area contributed by atoms with Crippen LogP contribution in [0.15, 0.2) is 24.4 Å². The lowest BCUT2D eigenvalue weighted by atomic mass is 10.1. The molecule has 0 bridgehead atoms. The average Bonchev–Trinajstić information content (AvgIpc) is 2.96. The molecule has 0 radical (unpaired) electrons. The number of nitrogens with zero attached hydrogens (tertiary/aromatic N) is 4. The molecule has 0 unspecified atom stereocenters. The zero-order chi connectivity index (χ0) is 13.4. The molecule has 1 aromatic carbocycles. The Bertz CT molecular complexity index is 757. The van der Waals surface area contributed by atoms with E-state index in [9.17, 15) is 4.79 Å². The number of hydrogen-bond acceptors (Lipinski definition) is 5. The lowest BCUT2D eigenvalue weighted by Crippen LogP contribution is -2.18. The highest BCUT2D eigenvalue weighted by atomic mass is 16.1. The molecule has 0 aliphatic heterocycles. The molecule has 0 atom stereocenters. The first-order valence-electron chi connectivity index (χ1n) is 5.56. The van der Waals surface area contributed by atoms with Crippen LogP contribution in [-0.2, 0) is 11.3 Å². The topological polar surface area (TPSA) is 128 Å². The Kier molecular flexibility index (Phi) is 2.41. The van der Waals surface area contributed by atoms with Crippen LogP contribution >= 0.6 is 0 Å². The van der Waals surface area contributed by atoms with Crippen LogP contribution in [0.3, 0.4) is 0 Å². The van der Waals surface area contributed by atoms with E-state index in [4.69, 9.17) is 11.5 Å². The largest absolute Gasteiger partial charge is 0.382 e. The summed E-state index contributed by atoms with van der Waals surface area (Å²) in [5.41, 5.74) is 13.2. The lowest BCUT2D eigenvalue weighted by Gasteiger charge is -1.96. The lowest BCUT2D eigenvalue weighted by molar-refractivity contribution is -0.118. The summed E-state index contributed by atoms with van der Waals surface area (Å²) in [6.45, 7) is 0.00307. The number of benzene rings is 1. The molecular weight excluding hydrogens is 246 g/mol. The fourth-order valence-electron chi connectivity index (χ4n) is 1.86. The highest BCUT2D eigenvalue weighted by molar-refractivity contribution is 5.91. The SMILES string of the molecule is NC(=O)Cn1cc(-c2ccc3[nH]nc(N)c3c2)nn1. The Balaban J connectivity index is 2.01. The van der Waals surface area contributed by atoms with Crippen LogP contribution in [-0.4, -0.2) is 31.1 Å². The van der Waals surface area contributed by atoms with E-state index in [1.807, 2.05) is 18.2 Å². The number of amides is 1. The van der Waals surface area contributed by atoms with Gasteiger partial charge in [0.25, 0.3) is 0 Å². The van der Waals surface area contributed by atoms with Gasteiger partial charge in [0, 0.05) is 10.9 Å². The third kappa shape index (κ3) is 1.99. The Morgan fingerprint density at radius 1 is 1.42 bits per heavy atom. The van der Waals surface area contributed by atoms with Gasteiger partial charge in [-0.05, 0) is 12.1 Å². The fraction of sp³-hybridized carbons (Fsp3) is 0.0909. The van der Waals surface area contributed by atoms with Gasteiger partial charge in [0.15, 0.2) is 5.82 Å². The second-order valence-corrected chi connectivity index (χ2v) is 4.14. The van der Waals surface area contributed by atoms with E-state index in [-0.39, 0.29) is 6.54 Å². The van der Waals surface area contributed by atoms with E-state index in [0.29, 0.717) is 11.5 Å². The highest BCUT2D eigenvalue weighted by Gasteiger charge is 2.08. The first-order chi connectivity index (χ1) is 9.13. The van der Waals surface area contributed by atoms with Gasteiger partial charge in [-0.25, -0.2) is 4.68 Å². The molecule has 96 valence electrons. The van der Waals surface area contributed by atoms with Gasteiger partial charge in [0.1, 0.15) is 12.2 Å². The van der Waals surface area contributed by atoms with Crippen LogP contribution in [0.2, 0.25) is 0 Å². The molecule has 0 aliphatic rings. The summed E-state index contributed by atoms with van der Waals surface area (Å²) < 4.78 is 1.39. The maximum Gasteiger partial charge on any atom is 0.239 e. The number of anilines is 1. The van der Waals surface area contributed by atoms with E-state index in [1.54, 1.807) is 6.20 Å². The monoisotopic (exact) mass is 257 g/mol. The van der Waals surface area contributed by atoms with Gasteiger partial charge in [-0.15, -0.1) is 5.10 Å². The second-order valence-electron chi connectivity index (χ2n) is 4.14. The first-order valence-corrected chi connectivity index (χ1v) is 5.56. The van der Waals surface area contributed by atoms with E-state index < -0.39 is 5.91 Å². The van der Waals surface area contributed by atoms with Crippen molar-refractivity contribution < 1.29 is 4.79 Å². The quantitative estimate of drug-likeness (QED) is 0.603. The number of primary amides is 1. The van der Waals surface area contributed by atoms with Crippen molar-refractivity contribution in [1.29, 1.82) is 0 Å². The third-order valence-corrected chi connectivity index (χ3v) is 2.74. The number of carbonyl (C=O) groups excluding carboxylic acids is 1. The zero-order valence-electron chi connectivity index (χ0n) is 9.87. The molecule has 0 saturated heterocycles. The molecule has 19 heavy (non-hydrogen) atoms. The number of nitrogens with one attached hydrogen (secondary N) is 1. The molecule has 3 aromatic rings. The minimum atomic E-state index is -0.467. The Morgan fingerprint density at radius 2 is 2.26 bits per heavy atom. The van der Waals surface area contributed by atoms with Gasteiger partial charge in [0.2, 0.25) is 5.91 Å². The van der Waals surface area contributed by atoms with Gasteiger partial charge in [-0.1, -0.05) is 11.3 Å². The smallest absolute Gasteiger partial charge is 0.239 e. The van der Waals surface area contributed by atoms with Crippen LogP contribution in [0, 0.1) is 0 Å². The van der Waals surface area contributed by atoms with Crippen LogP contribution in [0.5, 0.6) is 0 Å². The highest BCUT2D eigenvalue weighted by Crippen LogP contribution is 2.24. The minimum Gasteiger partial charge on any atom is -0.382 e. The minimum absolute atomic E-state index is 0.00307. The summed E-state index contributed by atoms with van der Waals surface area (Å²) in [4.78, 5) is 10.8. The van der Waals surface area contributed by atoms with Crippen LogP contribution in [0.25, 0.3) is 22.2 Å². The van der Waals surface area contributed by atoms with Crippen molar-refractivity contribution in [3.8, 4) is 11.3 Å². The van der Waals surface area contributed by atoms with E-state index in [1.165, 1.54) is 4.68 Å². The summed E-state index contributed by atoms with van der Waals surface area (Å²) >= 11 is 0. The molecule has 2 heterocycles. The molecule has 3 rings (SSSR count). The summed E-state index contributed by atoms with van der Waals surface area (Å²) in [7, 11) is 0. The molecule has 8 nitrogen and oxygen atoms in total. The van der Waals surface area contributed by atoms with Crippen molar-refractivity contribution in [1.82, 2.24) is 25.2 Å². The number of rotatable bonds is 3. The van der Waals surface area contributed by atoms with Crippen LogP contribution in [0.1, 0.15) is 0 Å². The van der Waals surface area contributed by atoms with E-state index >= 15 is 0 Å². The molecule has 8 heteroatoms. The molecular formula is C11H11N7O. The average molecular weight is 257 g/mol. The van der Waals surface area contributed by atoms with Crippen molar-refractivity contribution in [2.24, 2.45) is 5.73 Å². The Hall–Kier alpha value is -2.90. The van der Waals surface area contributed by atoms with Gasteiger partial charge in [0.05, 0.1) is 11.7 Å². The van der Waals surface area contributed by atoms with Crippen LogP contribution < -0.4 is 11.5 Å². The van der Waals surface area contributed by atoms with Gasteiger partial charge >= 0.3 is 0 Å². The van der Waals surface area contributed by atoms with Gasteiger partial charge < -0.3 is 11.5 Å². The van der Waals surface area contributed by atoms with Gasteiger partial charge in [-0.2, -0.15) is 5.10 Å². The maximum atomic E-state index is 10.8. The second kappa shape index (κ2) is 4.09. The Labute approximate surface area is 107 Å². The summed E-state index contributed by atoms with van der Waals surface area (Å²) in [5, 5.41) is 15.4. The van der Waals surface area contributed by atoms with Crippen molar-refractivity contribution in [2.75, 3.05) is 5.73 Å². The predicted molar refractivity (Wildman–Crippen MR) is 68.7 cm³/mol. The van der Waals surface area contributed by atoms with Crippen molar-refractivity contribution in [3.05, 3.63) is 24.4 Å². The van der Waals surface area contributed by atoms with Crippen molar-refractivity contribution in [3.63, 3.8) is 0 Å². The normalized spacial score (nSPS) is 10.9. The third-order valence-electron chi connectivity index (χ3n) is 2.74. The molecule has 2 aromatic heterocycles. The first kappa shape index (κ1) is 11.2. The number of aromatic amines is 1. The Morgan fingerprint density at radius 3 is 3.05 bits per heavy atom. The summed E-state index contributed by atoms with van der Waals surface area (Å²) in [5.74, 6) is -0.0349. The molecule has 0 fully saturated rings. The van der Waals surface area contributed by atoms with E-state index in [2.05, 4.69) is 20.5 Å². The van der Waals surface area contributed by atoms with E-state index in [0.717, 1.165) is 16.5 Å². The number of hydrogen-bond donors (Lipinski definition) is 3. The van der Waals surface area contributed by atoms with Crippen molar-refractivity contribution >= 4 is 22.6 Å². The molecule has 0 aliphatic carbocycles.